The van der Waals surface area contributed by atoms with Crippen molar-refractivity contribution in [3.05, 3.63) is 0 Å². The molecule has 1 rings (SSSR count). The highest BCUT2D eigenvalue weighted by atomic mass is 16.2. The van der Waals surface area contributed by atoms with E-state index < -0.39 is 0 Å². The van der Waals surface area contributed by atoms with Crippen LogP contribution in [0, 0.1) is 0 Å². The van der Waals surface area contributed by atoms with Gasteiger partial charge in [0.05, 0.1) is 0 Å². The summed E-state index contributed by atoms with van der Waals surface area (Å²) in [6.07, 6.45) is 8.93. The number of nitrogens with zero attached hydrogens (tertiary/aromatic N) is 1. The minimum absolute atomic E-state index is 0.358. The maximum Gasteiger partial charge on any atom is 0.0431 e. The Hall–Kier alpha value is -0.0800. The Morgan fingerprint density at radius 2 is 2.07 bits per heavy atom. The van der Waals surface area contributed by atoms with Gasteiger partial charge in [0.1, 0.15) is 0 Å². The van der Waals surface area contributed by atoms with Crippen LogP contribution < -0.4 is 0 Å². The molecule has 0 aromatic heterocycles. The lowest BCUT2D eigenvalue weighted by atomic mass is 9.99. The van der Waals surface area contributed by atoms with Crippen LogP contribution in [0.5, 0.6) is 0 Å². The van der Waals surface area contributed by atoms with Gasteiger partial charge >= 0.3 is 0 Å². The Morgan fingerprint density at radius 1 is 1.21 bits per heavy atom. The third-order valence-electron chi connectivity index (χ3n) is 3.32. The summed E-state index contributed by atoms with van der Waals surface area (Å²) in [5.74, 6) is 0. The zero-order valence-electron chi connectivity index (χ0n) is 9.54. The summed E-state index contributed by atoms with van der Waals surface area (Å²) in [5.41, 5.74) is 0. The number of hydrogen-bond acceptors (Lipinski definition) is 2. The average molecular weight is 199 g/mol. The van der Waals surface area contributed by atoms with Crippen LogP contribution in [-0.4, -0.2) is 35.7 Å². The summed E-state index contributed by atoms with van der Waals surface area (Å²) >= 11 is 0. The second-order valence-corrected chi connectivity index (χ2v) is 4.38. The zero-order chi connectivity index (χ0) is 10.2. The summed E-state index contributed by atoms with van der Waals surface area (Å²) in [5, 5.41) is 8.69. The smallest absolute Gasteiger partial charge is 0.0431 e. The molecular formula is C12H25NO. The molecule has 1 heterocycles. The molecule has 1 aliphatic heterocycles. The minimum Gasteiger partial charge on any atom is -0.396 e. The van der Waals surface area contributed by atoms with Crippen LogP contribution in [0.3, 0.4) is 0 Å². The molecule has 0 saturated carbocycles. The summed E-state index contributed by atoms with van der Waals surface area (Å²) in [4.78, 5) is 2.65. The van der Waals surface area contributed by atoms with Crippen LogP contribution >= 0.6 is 0 Å². The SMILES string of the molecule is CCC1CCCCN1CCCCCO. The Labute approximate surface area is 88.3 Å². The van der Waals surface area contributed by atoms with Crippen molar-refractivity contribution in [3.63, 3.8) is 0 Å². The van der Waals surface area contributed by atoms with Crippen molar-refractivity contribution >= 4 is 0 Å². The monoisotopic (exact) mass is 199 g/mol. The first-order valence-corrected chi connectivity index (χ1v) is 6.23. The molecule has 0 aromatic rings. The molecule has 2 heteroatoms. The second kappa shape index (κ2) is 7.24. The van der Waals surface area contributed by atoms with Gasteiger partial charge in [-0.05, 0) is 51.6 Å². The van der Waals surface area contributed by atoms with E-state index in [-0.39, 0.29) is 0 Å². The van der Waals surface area contributed by atoms with Crippen molar-refractivity contribution in [2.75, 3.05) is 19.7 Å². The minimum atomic E-state index is 0.358. The first-order chi connectivity index (χ1) is 6.88. The van der Waals surface area contributed by atoms with Crippen molar-refractivity contribution in [2.24, 2.45) is 0 Å². The molecule has 0 aliphatic carbocycles. The van der Waals surface area contributed by atoms with E-state index >= 15 is 0 Å². The summed E-state index contributed by atoms with van der Waals surface area (Å²) in [7, 11) is 0. The number of unbranched alkanes of at least 4 members (excludes halogenated alkanes) is 2. The fraction of sp³-hybridized carbons (Fsp3) is 1.00. The average Bonchev–Trinajstić information content (AvgIpc) is 2.25. The Bertz CT molecular complexity index is 138. The van der Waals surface area contributed by atoms with Gasteiger partial charge in [0, 0.05) is 12.6 Å². The van der Waals surface area contributed by atoms with Crippen molar-refractivity contribution in [1.29, 1.82) is 0 Å². The Kier molecular flexibility index (Phi) is 6.20. The lowest BCUT2D eigenvalue weighted by Gasteiger charge is -2.35. The van der Waals surface area contributed by atoms with Gasteiger partial charge in [0.15, 0.2) is 0 Å². The molecule has 1 unspecified atom stereocenters. The maximum atomic E-state index is 8.69. The van der Waals surface area contributed by atoms with Crippen LogP contribution in [0.1, 0.15) is 51.9 Å². The van der Waals surface area contributed by atoms with E-state index in [0.29, 0.717) is 6.61 Å². The van der Waals surface area contributed by atoms with Gasteiger partial charge in [0.25, 0.3) is 0 Å². The van der Waals surface area contributed by atoms with Crippen LogP contribution in [-0.2, 0) is 0 Å². The van der Waals surface area contributed by atoms with Gasteiger partial charge in [-0.1, -0.05) is 13.3 Å². The molecule has 84 valence electrons. The lowest BCUT2D eigenvalue weighted by molar-refractivity contribution is 0.140. The molecule has 0 bridgehead atoms. The van der Waals surface area contributed by atoms with Crippen LogP contribution in [0.25, 0.3) is 0 Å². The third kappa shape index (κ3) is 3.97. The highest BCUT2D eigenvalue weighted by Gasteiger charge is 2.19. The van der Waals surface area contributed by atoms with E-state index in [1.54, 1.807) is 0 Å². The largest absolute Gasteiger partial charge is 0.396 e. The molecule has 1 fully saturated rings. The molecular weight excluding hydrogens is 174 g/mol. The molecule has 0 spiro atoms. The highest BCUT2D eigenvalue weighted by molar-refractivity contribution is 4.75. The predicted molar refractivity (Wildman–Crippen MR) is 60.4 cm³/mol. The van der Waals surface area contributed by atoms with Gasteiger partial charge in [-0.3, -0.25) is 0 Å². The standard InChI is InChI=1S/C12H25NO/c1-2-12-8-4-6-10-13(12)9-5-3-7-11-14/h12,14H,2-11H2,1H3. The number of rotatable bonds is 6. The second-order valence-electron chi connectivity index (χ2n) is 4.38. The lowest BCUT2D eigenvalue weighted by Crippen LogP contribution is -2.39. The molecule has 0 radical (unpaired) electrons. The summed E-state index contributed by atoms with van der Waals surface area (Å²) in [6, 6.07) is 0.845. The van der Waals surface area contributed by atoms with Crippen molar-refractivity contribution < 1.29 is 5.11 Å². The predicted octanol–water partition coefficient (Wildman–Crippen LogP) is 2.41. The number of likely N-dealkylation sites (tertiary alicyclic amines) is 1. The Morgan fingerprint density at radius 3 is 2.79 bits per heavy atom. The Balaban J connectivity index is 2.13. The highest BCUT2D eigenvalue weighted by Crippen LogP contribution is 2.19. The topological polar surface area (TPSA) is 23.5 Å². The number of aliphatic hydroxyl groups excluding tert-OH is 1. The zero-order valence-corrected chi connectivity index (χ0v) is 9.54. The van der Waals surface area contributed by atoms with Crippen molar-refractivity contribution in [3.8, 4) is 0 Å². The summed E-state index contributed by atoms with van der Waals surface area (Å²) < 4.78 is 0. The molecule has 14 heavy (non-hydrogen) atoms. The fourth-order valence-electron chi connectivity index (χ4n) is 2.42. The first-order valence-electron chi connectivity index (χ1n) is 6.23. The fourth-order valence-corrected chi connectivity index (χ4v) is 2.42. The molecule has 0 amide bonds. The maximum absolute atomic E-state index is 8.69. The molecule has 1 N–H and O–H groups in total. The van der Waals surface area contributed by atoms with Crippen LogP contribution in [0.15, 0.2) is 0 Å². The molecule has 2 nitrogen and oxygen atoms in total. The van der Waals surface area contributed by atoms with Crippen molar-refractivity contribution in [2.45, 2.75) is 57.9 Å². The van der Waals surface area contributed by atoms with Gasteiger partial charge in [-0.2, -0.15) is 0 Å². The van der Waals surface area contributed by atoms with E-state index in [2.05, 4.69) is 11.8 Å². The van der Waals surface area contributed by atoms with Gasteiger partial charge in [-0.25, -0.2) is 0 Å². The summed E-state index contributed by atoms with van der Waals surface area (Å²) in [6.45, 7) is 5.21. The van der Waals surface area contributed by atoms with Crippen LogP contribution in [0.4, 0.5) is 0 Å². The van der Waals surface area contributed by atoms with Gasteiger partial charge < -0.3 is 10.0 Å². The molecule has 1 aliphatic rings. The molecule has 0 aromatic carbocycles. The van der Waals surface area contributed by atoms with E-state index in [4.69, 9.17) is 5.11 Å². The number of piperidine rings is 1. The van der Waals surface area contributed by atoms with E-state index in [9.17, 15) is 0 Å². The third-order valence-corrected chi connectivity index (χ3v) is 3.32. The number of aliphatic hydroxyl groups is 1. The molecule has 1 atom stereocenters. The number of hydrogen-bond donors (Lipinski definition) is 1. The normalized spacial score (nSPS) is 24.0. The molecule has 1 saturated heterocycles. The van der Waals surface area contributed by atoms with Gasteiger partial charge in [0.2, 0.25) is 0 Å². The van der Waals surface area contributed by atoms with Gasteiger partial charge in [-0.15, -0.1) is 0 Å². The van der Waals surface area contributed by atoms with E-state index in [0.717, 1.165) is 12.5 Å². The van der Waals surface area contributed by atoms with Crippen molar-refractivity contribution in [1.82, 2.24) is 4.90 Å². The first kappa shape index (κ1) is 12.0. The quantitative estimate of drug-likeness (QED) is 0.664. The van der Waals surface area contributed by atoms with Crippen LogP contribution in [0.2, 0.25) is 0 Å². The van der Waals surface area contributed by atoms with E-state index in [1.165, 1.54) is 51.6 Å². The van der Waals surface area contributed by atoms with E-state index in [1.807, 2.05) is 0 Å².